The largest absolute Gasteiger partial charge is 0.458 e. The van der Waals surface area contributed by atoms with Crippen LogP contribution in [0.15, 0.2) is 11.6 Å². The lowest BCUT2D eigenvalue weighted by Crippen LogP contribution is -2.62. The van der Waals surface area contributed by atoms with Crippen molar-refractivity contribution in [3.63, 3.8) is 0 Å². The summed E-state index contributed by atoms with van der Waals surface area (Å²) >= 11 is 0. The Balaban J connectivity index is 1.48. The number of epoxide rings is 1. The fraction of sp³-hybridized carbons (Fsp3) is 0.783. The highest BCUT2D eigenvalue weighted by atomic mass is 16.6. The van der Waals surface area contributed by atoms with Gasteiger partial charge in [-0.2, -0.15) is 0 Å². The molecule has 4 fully saturated rings. The molecule has 1 spiro atoms. The average Bonchev–Trinajstić information content (AvgIpc) is 3.32. The van der Waals surface area contributed by atoms with Crippen molar-refractivity contribution in [3.05, 3.63) is 11.6 Å². The predicted molar refractivity (Wildman–Crippen MR) is 103 cm³/mol. The third-order valence-corrected chi connectivity index (χ3v) is 9.35. The quantitative estimate of drug-likeness (QED) is 0.576. The van der Waals surface area contributed by atoms with Gasteiger partial charge < -0.3 is 14.6 Å². The number of ether oxygens (including phenoxy) is 2. The Labute approximate surface area is 171 Å². The fourth-order valence-corrected chi connectivity index (χ4v) is 7.77. The number of carbonyl (C=O) groups excluding carboxylic acids is 3. The Hall–Kier alpha value is -1.53. The second-order valence-electron chi connectivity index (χ2n) is 10.3. The second kappa shape index (κ2) is 5.79. The molecule has 0 radical (unpaired) electrons. The van der Waals surface area contributed by atoms with Gasteiger partial charge in [-0.15, -0.1) is 0 Å². The lowest BCUT2D eigenvalue weighted by molar-refractivity contribution is -0.166. The lowest BCUT2D eigenvalue weighted by atomic mass is 9.46. The summed E-state index contributed by atoms with van der Waals surface area (Å²) in [6.45, 7) is 5.18. The third kappa shape index (κ3) is 2.22. The van der Waals surface area contributed by atoms with E-state index in [1.54, 1.807) is 0 Å². The maximum absolute atomic E-state index is 12.9. The average molecular weight is 402 g/mol. The maximum atomic E-state index is 12.9. The van der Waals surface area contributed by atoms with Crippen LogP contribution in [-0.2, 0) is 23.9 Å². The monoisotopic (exact) mass is 402 g/mol. The van der Waals surface area contributed by atoms with E-state index >= 15 is 0 Å². The molecule has 29 heavy (non-hydrogen) atoms. The van der Waals surface area contributed by atoms with Crippen LogP contribution in [0, 0.1) is 22.7 Å². The van der Waals surface area contributed by atoms with Crippen molar-refractivity contribution in [1.29, 1.82) is 0 Å². The van der Waals surface area contributed by atoms with Crippen LogP contribution in [0.3, 0.4) is 0 Å². The first kappa shape index (κ1) is 19.4. The summed E-state index contributed by atoms with van der Waals surface area (Å²) in [4.78, 5) is 36.1. The van der Waals surface area contributed by atoms with Crippen LogP contribution in [0.2, 0.25) is 0 Å². The molecule has 0 aromatic carbocycles. The Morgan fingerprint density at radius 1 is 1.21 bits per heavy atom. The zero-order valence-corrected chi connectivity index (χ0v) is 17.5. The van der Waals surface area contributed by atoms with Crippen LogP contribution < -0.4 is 0 Å². The summed E-state index contributed by atoms with van der Waals surface area (Å²) in [5, 5.41) is 11.5. The zero-order valence-electron chi connectivity index (χ0n) is 17.5. The summed E-state index contributed by atoms with van der Waals surface area (Å²) in [5.74, 6) is -0.227. The summed E-state index contributed by atoms with van der Waals surface area (Å²) in [6.07, 6.45) is 6.88. The van der Waals surface area contributed by atoms with E-state index in [0.29, 0.717) is 19.3 Å². The molecule has 4 aliphatic carbocycles. The minimum absolute atomic E-state index is 0.00167. The standard InChI is InChI=1S/C23H30O6/c1-13(24)28-12-18(26)22(27)9-7-16-17-5-4-14-10-15(25)6-8-20(14,2)23(17)19(29-23)11-21(16,22)3/h10,16-17,19,27H,4-9,11-12H2,1-3H3/t16-,17-,19-,20+,21+,22-,23-/m1/s1. The van der Waals surface area contributed by atoms with Gasteiger partial charge in [0.15, 0.2) is 12.4 Å². The van der Waals surface area contributed by atoms with Crippen LogP contribution in [0.1, 0.15) is 65.7 Å². The van der Waals surface area contributed by atoms with Crippen molar-refractivity contribution in [2.24, 2.45) is 22.7 Å². The SMILES string of the molecule is CC(=O)OCC(=O)[C@]1(O)CC[C@@H]2[C@H]3CCC4=CC(=O)CC[C@]4(C)[C@@]34O[C@@H]4C[C@@]21C. The first-order chi connectivity index (χ1) is 13.6. The first-order valence-electron chi connectivity index (χ1n) is 10.9. The van der Waals surface area contributed by atoms with E-state index in [1.807, 2.05) is 13.0 Å². The minimum Gasteiger partial charge on any atom is -0.458 e. The van der Waals surface area contributed by atoms with Gasteiger partial charge in [-0.1, -0.05) is 19.4 Å². The van der Waals surface area contributed by atoms with Gasteiger partial charge in [0, 0.05) is 24.2 Å². The summed E-state index contributed by atoms with van der Waals surface area (Å²) in [7, 11) is 0. The molecule has 0 bridgehead atoms. The molecule has 1 aliphatic heterocycles. The Bertz CT molecular complexity index is 846. The second-order valence-corrected chi connectivity index (χ2v) is 10.3. The highest BCUT2D eigenvalue weighted by molar-refractivity contribution is 5.92. The summed E-state index contributed by atoms with van der Waals surface area (Å²) in [5.41, 5.74) is -1.22. The molecule has 0 amide bonds. The van der Waals surface area contributed by atoms with E-state index in [4.69, 9.17) is 9.47 Å². The Morgan fingerprint density at radius 2 is 1.97 bits per heavy atom. The highest BCUT2D eigenvalue weighted by Crippen LogP contribution is 2.76. The van der Waals surface area contributed by atoms with Crippen molar-refractivity contribution < 1.29 is 29.0 Å². The van der Waals surface area contributed by atoms with Crippen molar-refractivity contribution in [1.82, 2.24) is 0 Å². The predicted octanol–water partition coefficient (Wildman–Crippen LogP) is 2.51. The number of Topliss-reactive ketones (excluding diaryl/α,β-unsaturated/α-hetero) is 1. The van der Waals surface area contributed by atoms with Gasteiger partial charge in [0.1, 0.15) is 11.2 Å². The smallest absolute Gasteiger partial charge is 0.303 e. The van der Waals surface area contributed by atoms with Gasteiger partial charge in [-0.05, 0) is 56.4 Å². The molecule has 158 valence electrons. The van der Waals surface area contributed by atoms with E-state index in [-0.39, 0.29) is 41.3 Å². The van der Waals surface area contributed by atoms with Crippen LogP contribution in [0.5, 0.6) is 0 Å². The molecule has 1 saturated heterocycles. The molecule has 6 nitrogen and oxygen atoms in total. The molecule has 5 aliphatic rings. The van der Waals surface area contributed by atoms with Gasteiger partial charge in [-0.3, -0.25) is 14.4 Å². The van der Waals surface area contributed by atoms with Crippen molar-refractivity contribution >= 4 is 17.5 Å². The number of esters is 1. The molecule has 0 aromatic rings. The zero-order chi connectivity index (χ0) is 20.8. The normalized spacial score (nSPS) is 49.9. The molecule has 6 heteroatoms. The molecule has 3 saturated carbocycles. The van der Waals surface area contributed by atoms with Gasteiger partial charge in [0.25, 0.3) is 0 Å². The minimum atomic E-state index is -1.48. The number of aliphatic hydroxyl groups is 1. The molecule has 0 unspecified atom stereocenters. The van der Waals surface area contributed by atoms with Crippen LogP contribution in [0.25, 0.3) is 0 Å². The van der Waals surface area contributed by atoms with Gasteiger partial charge in [0.05, 0.1) is 6.10 Å². The van der Waals surface area contributed by atoms with Crippen LogP contribution in [-0.4, -0.2) is 46.6 Å². The third-order valence-electron chi connectivity index (χ3n) is 9.35. The molecule has 7 atom stereocenters. The van der Waals surface area contributed by atoms with E-state index in [9.17, 15) is 19.5 Å². The molecular weight excluding hydrogens is 372 g/mol. The topological polar surface area (TPSA) is 93.2 Å². The number of hydrogen-bond donors (Lipinski definition) is 1. The maximum Gasteiger partial charge on any atom is 0.303 e. The van der Waals surface area contributed by atoms with Crippen LogP contribution >= 0.6 is 0 Å². The van der Waals surface area contributed by atoms with Crippen molar-refractivity contribution in [2.75, 3.05) is 6.61 Å². The first-order valence-corrected chi connectivity index (χ1v) is 10.9. The number of ketones is 2. The summed E-state index contributed by atoms with van der Waals surface area (Å²) < 4.78 is 11.4. The van der Waals surface area contributed by atoms with Crippen LogP contribution in [0.4, 0.5) is 0 Å². The van der Waals surface area contributed by atoms with Crippen molar-refractivity contribution in [2.45, 2.75) is 83.0 Å². The van der Waals surface area contributed by atoms with E-state index in [2.05, 4.69) is 6.92 Å². The van der Waals surface area contributed by atoms with Gasteiger partial charge >= 0.3 is 5.97 Å². The molecule has 1 N–H and O–H groups in total. The van der Waals surface area contributed by atoms with E-state index in [0.717, 1.165) is 25.7 Å². The molecule has 0 aromatic heterocycles. The number of carbonyl (C=O) groups is 3. The Kier molecular flexibility index (Phi) is 3.88. The lowest BCUT2D eigenvalue weighted by Gasteiger charge is -2.56. The fourth-order valence-electron chi connectivity index (χ4n) is 7.77. The molecular formula is C23H30O6. The van der Waals surface area contributed by atoms with Gasteiger partial charge in [0.2, 0.25) is 5.78 Å². The molecule has 1 heterocycles. The van der Waals surface area contributed by atoms with Gasteiger partial charge in [-0.25, -0.2) is 0 Å². The number of rotatable bonds is 3. The number of fused-ring (bicyclic) bond motifs is 3. The van der Waals surface area contributed by atoms with E-state index < -0.39 is 22.8 Å². The highest BCUT2D eigenvalue weighted by Gasteiger charge is 2.81. The number of hydrogen-bond acceptors (Lipinski definition) is 6. The van der Waals surface area contributed by atoms with Crippen molar-refractivity contribution in [3.8, 4) is 0 Å². The molecule has 5 rings (SSSR count). The van der Waals surface area contributed by atoms with E-state index in [1.165, 1.54) is 12.5 Å². The summed E-state index contributed by atoms with van der Waals surface area (Å²) in [6, 6.07) is 0. The Morgan fingerprint density at radius 3 is 2.69 bits per heavy atom.